The second-order valence-corrected chi connectivity index (χ2v) is 2.93. The van der Waals surface area contributed by atoms with Crippen LogP contribution in [0.1, 0.15) is 26.2 Å². The van der Waals surface area contributed by atoms with Crippen molar-refractivity contribution in [2.24, 2.45) is 5.92 Å². The van der Waals surface area contributed by atoms with Crippen molar-refractivity contribution in [3.05, 3.63) is 0 Å². The molecule has 1 aliphatic heterocycles. The predicted octanol–water partition coefficient (Wildman–Crippen LogP) is 1.18. The van der Waals surface area contributed by atoms with Crippen LogP contribution in [0.3, 0.4) is 0 Å². The van der Waals surface area contributed by atoms with Crippen molar-refractivity contribution in [1.29, 1.82) is 0 Å². The molecular weight excluding hydrogens is 128 g/mol. The molecule has 0 aromatic rings. The van der Waals surface area contributed by atoms with E-state index in [4.69, 9.17) is 9.84 Å². The summed E-state index contributed by atoms with van der Waals surface area (Å²) in [6, 6.07) is 0. The first kappa shape index (κ1) is 8.02. The molecule has 0 saturated carbocycles. The molecule has 2 unspecified atom stereocenters. The van der Waals surface area contributed by atoms with Gasteiger partial charge in [0.25, 0.3) is 0 Å². The maximum Gasteiger partial charge on any atom is 0.0625 e. The zero-order valence-electron chi connectivity index (χ0n) is 6.55. The van der Waals surface area contributed by atoms with Crippen LogP contribution >= 0.6 is 0 Å². The Morgan fingerprint density at radius 3 is 3.00 bits per heavy atom. The Kier molecular flexibility index (Phi) is 3.16. The fraction of sp³-hybridized carbons (Fsp3) is 1.00. The average molecular weight is 144 g/mol. The molecule has 10 heavy (non-hydrogen) atoms. The minimum absolute atomic E-state index is 0.296. The lowest BCUT2D eigenvalue weighted by molar-refractivity contribution is 0.0654. The third kappa shape index (κ3) is 1.70. The van der Waals surface area contributed by atoms with E-state index in [9.17, 15) is 0 Å². The van der Waals surface area contributed by atoms with Crippen LogP contribution in [0.2, 0.25) is 0 Å². The minimum Gasteiger partial charge on any atom is -0.396 e. The number of aliphatic hydroxyl groups excluding tert-OH is 1. The highest BCUT2D eigenvalue weighted by atomic mass is 16.5. The quantitative estimate of drug-likeness (QED) is 0.644. The molecule has 60 valence electrons. The smallest absolute Gasteiger partial charge is 0.0625 e. The highest BCUT2D eigenvalue weighted by Gasteiger charge is 2.26. The first-order valence-corrected chi connectivity index (χ1v) is 4.11. The van der Waals surface area contributed by atoms with Crippen molar-refractivity contribution in [3.63, 3.8) is 0 Å². The Balaban J connectivity index is 2.27. The van der Waals surface area contributed by atoms with E-state index in [-0.39, 0.29) is 0 Å². The number of ether oxygens (including phenoxy) is 1. The summed E-state index contributed by atoms with van der Waals surface area (Å²) in [4.78, 5) is 0. The summed E-state index contributed by atoms with van der Waals surface area (Å²) in [5.41, 5.74) is 0. The first-order valence-electron chi connectivity index (χ1n) is 4.11. The van der Waals surface area contributed by atoms with Gasteiger partial charge in [-0.2, -0.15) is 0 Å². The van der Waals surface area contributed by atoms with Gasteiger partial charge >= 0.3 is 0 Å². The Morgan fingerprint density at radius 1 is 1.60 bits per heavy atom. The fourth-order valence-corrected chi connectivity index (χ4v) is 1.51. The van der Waals surface area contributed by atoms with Crippen molar-refractivity contribution in [3.8, 4) is 0 Å². The summed E-state index contributed by atoms with van der Waals surface area (Å²) < 4.78 is 5.44. The summed E-state index contributed by atoms with van der Waals surface area (Å²) in [6.45, 7) is 3.29. The molecule has 0 aliphatic carbocycles. The van der Waals surface area contributed by atoms with E-state index in [0.717, 1.165) is 25.9 Å². The van der Waals surface area contributed by atoms with Crippen molar-refractivity contribution < 1.29 is 9.84 Å². The predicted molar refractivity (Wildman–Crippen MR) is 39.8 cm³/mol. The topological polar surface area (TPSA) is 29.5 Å². The molecule has 0 radical (unpaired) electrons. The van der Waals surface area contributed by atoms with Gasteiger partial charge in [-0.3, -0.25) is 0 Å². The molecule has 0 amide bonds. The van der Waals surface area contributed by atoms with Gasteiger partial charge in [0, 0.05) is 19.1 Å². The molecular formula is C8H16O2. The monoisotopic (exact) mass is 144 g/mol. The second-order valence-electron chi connectivity index (χ2n) is 2.93. The zero-order chi connectivity index (χ0) is 7.40. The lowest BCUT2D eigenvalue weighted by Crippen LogP contribution is -2.18. The van der Waals surface area contributed by atoms with E-state index in [1.165, 1.54) is 0 Å². The van der Waals surface area contributed by atoms with Crippen LogP contribution in [0.15, 0.2) is 0 Å². The number of hydrogen-bond acceptors (Lipinski definition) is 2. The van der Waals surface area contributed by atoms with Crippen molar-refractivity contribution in [1.82, 2.24) is 0 Å². The van der Waals surface area contributed by atoms with E-state index in [1.807, 2.05) is 0 Å². The van der Waals surface area contributed by atoms with Crippen LogP contribution in [0.5, 0.6) is 0 Å². The summed E-state index contributed by atoms with van der Waals surface area (Å²) in [5.74, 6) is 0.417. The third-order valence-corrected chi connectivity index (χ3v) is 2.15. The van der Waals surface area contributed by atoms with Gasteiger partial charge in [0.1, 0.15) is 0 Å². The standard InChI is InChI=1S/C8H16O2/c1-2-3-8-7(6-9)4-5-10-8/h7-9H,2-6H2,1H3. The fourth-order valence-electron chi connectivity index (χ4n) is 1.51. The van der Waals surface area contributed by atoms with Crippen molar-refractivity contribution in [2.75, 3.05) is 13.2 Å². The van der Waals surface area contributed by atoms with Crippen LogP contribution in [0.25, 0.3) is 0 Å². The summed E-state index contributed by atoms with van der Waals surface area (Å²) in [6.07, 6.45) is 3.64. The molecule has 1 heterocycles. The minimum atomic E-state index is 0.296. The summed E-state index contributed by atoms with van der Waals surface area (Å²) >= 11 is 0. The molecule has 0 aromatic heterocycles. The van der Waals surface area contributed by atoms with Crippen LogP contribution in [-0.2, 0) is 4.74 Å². The molecule has 1 saturated heterocycles. The Hall–Kier alpha value is -0.0800. The van der Waals surface area contributed by atoms with Gasteiger partial charge in [-0.1, -0.05) is 13.3 Å². The van der Waals surface area contributed by atoms with E-state index in [1.54, 1.807) is 0 Å². The molecule has 1 fully saturated rings. The number of hydrogen-bond donors (Lipinski definition) is 1. The van der Waals surface area contributed by atoms with E-state index in [2.05, 4.69) is 6.92 Å². The second kappa shape index (κ2) is 3.94. The maximum atomic E-state index is 8.88. The Labute approximate surface area is 62.2 Å². The highest BCUT2D eigenvalue weighted by molar-refractivity contribution is 4.74. The molecule has 0 aromatic carbocycles. The molecule has 2 atom stereocenters. The van der Waals surface area contributed by atoms with Gasteiger partial charge in [-0.05, 0) is 12.8 Å². The lowest BCUT2D eigenvalue weighted by atomic mass is 9.99. The van der Waals surface area contributed by atoms with Crippen molar-refractivity contribution in [2.45, 2.75) is 32.3 Å². The number of aliphatic hydroxyl groups is 1. The van der Waals surface area contributed by atoms with Gasteiger partial charge in [0.2, 0.25) is 0 Å². The van der Waals surface area contributed by atoms with Gasteiger partial charge in [0.15, 0.2) is 0 Å². The molecule has 1 rings (SSSR count). The van der Waals surface area contributed by atoms with Crippen LogP contribution in [-0.4, -0.2) is 24.4 Å². The molecule has 0 bridgehead atoms. The molecule has 1 N–H and O–H groups in total. The summed E-state index contributed by atoms with van der Waals surface area (Å²) in [7, 11) is 0. The third-order valence-electron chi connectivity index (χ3n) is 2.15. The maximum absolute atomic E-state index is 8.88. The van der Waals surface area contributed by atoms with E-state index in [0.29, 0.717) is 18.6 Å². The Bertz CT molecular complexity index is 93.3. The normalized spacial score (nSPS) is 33.0. The van der Waals surface area contributed by atoms with Gasteiger partial charge in [-0.15, -0.1) is 0 Å². The Morgan fingerprint density at radius 2 is 2.40 bits per heavy atom. The van der Waals surface area contributed by atoms with Gasteiger partial charge in [0.05, 0.1) is 6.10 Å². The largest absolute Gasteiger partial charge is 0.396 e. The van der Waals surface area contributed by atoms with E-state index < -0.39 is 0 Å². The molecule has 2 heteroatoms. The van der Waals surface area contributed by atoms with Crippen LogP contribution in [0.4, 0.5) is 0 Å². The van der Waals surface area contributed by atoms with Crippen LogP contribution in [0, 0.1) is 5.92 Å². The summed E-state index contributed by atoms with van der Waals surface area (Å²) in [5, 5.41) is 8.88. The SMILES string of the molecule is CCCC1OCCC1CO. The molecule has 0 spiro atoms. The van der Waals surface area contributed by atoms with Gasteiger partial charge in [-0.25, -0.2) is 0 Å². The average Bonchev–Trinajstić information content (AvgIpc) is 2.36. The zero-order valence-corrected chi connectivity index (χ0v) is 6.55. The van der Waals surface area contributed by atoms with Crippen molar-refractivity contribution >= 4 is 0 Å². The van der Waals surface area contributed by atoms with E-state index >= 15 is 0 Å². The lowest BCUT2D eigenvalue weighted by Gasteiger charge is -2.14. The van der Waals surface area contributed by atoms with Gasteiger partial charge < -0.3 is 9.84 Å². The molecule has 2 nitrogen and oxygen atoms in total. The molecule has 1 aliphatic rings. The van der Waals surface area contributed by atoms with Crippen LogP contribution < -0.4 is 0 Å². The highest BCUT2D eigenvalue weighted by Crippen LogP contribution is 2.23. The number of rotatable bonds is 3. The first-order chi connectivity index (χ1) is 4.88.